The van der Waals surface area contributed by atoms with Crippen molar-refractivity contribution in [3.63, 3.8) is 0 Å². The molecule has 0 aliphatic rings. The van der Waals surface area contributed by atoms with Gasteiger partial charge >= 0.3 is 5.97 Å². The van der Waals surface area contributed by atoms with Crippen molar-refractivity contribution in [2.75, 3.05) is 0 Å². The second kappa shape index (κ2) is 8.90. The Morgan fingerprint density at radius 1 is 1.03 bits per heavy atom. The van der Waals surface area contributed by atoms with Gasteiger partial charge in [-0.25, -0.2) is 9.78 Å². The second-order valence-electron chi connectivity index (χ2n) is 7.78. The lowest BCUT2D eigenvalue weighted by Crippen LogP contribution is -2.37. The van der Waals surface area contributed by atoms with Crippen LogP contribution in [0, 0.1) is 6.92 Å². The molecule has 2 N–H and O–H groups in total. The van der Waals surface area contributed by atoms with E-state index in [0.717, 1.165) is 37.3 Å². The predicted molar refractivity (Wildman–Crippen MR) is 111 cm³/mol. The number of carboxylic acid groups (broad SMARTS) is 1. The highest BCUT2D eigenvalue weighted by molar-refractivity contribution is 5.76. The summed E-state index contributed by atoms with van der Waals surface area (Å²) in [5.41, 5.74) is 2.38. The third-order valence-corrected chi connectivity index (χ3v) is 4.75. The van der Waals surface area contributed by atoms with E-state index in [-0.39, 0.29) is 0 Å². The molecule has 6 nitrogen and oxygen atoms in total. The molecular weight excluding hydrogens is 366 g/mol. The van der Waals surface area contributed by atoms with Gasteiger partial charge in [0.1, 0.15) is 11.6 Å². The molecule has 1 aromatic heterocycles. The Hall–Kier alpha value is -3.15. The molecule has 0 amide bonds. The first kappa shape index (κ1) is 20.6. The summed E-state index contributed by atoms with van der Waals surface area (Å²) in [4.78, 5) is 15.7. The topological polar surface area (TPSA) is 88.1 Å². The minimum Gasteiger partial charge on any atom is -0.478 e. The number of benzene rings is 2. The van der Waals surface area contributed by atoms with E-state index >= 15 is 0 Å². The Morgan fingerprint density at radius 2 is 1.69 bits per heavy atom. The molecule has 6 heteroatoms. The van der Waals surface area contributed by atoms with E-state index in [9.17, 15) is 4.79 Å². The number of aromatic amines is 1. The van der Waals surface area contributed by atoms with Crippen LogP contribution in [0.25, 0.3) is 0 Å². The molecule has 0 fully saturated rings. The number of hydrogen-bond acceptors (Lipinski definition) is 4. The van der Waals surface area contributed by atoms with E-state index in [1.165, 1.54) is 30.5 Å². The fourth-order valence-corrected chi connectivity index (χ4v) is 2.94. The fourth-order valence-electron chi connectivity index (χ4n) is 2.94. The Bertz CT molecular complexity index is 944. The van der Waals surface area contributed by atoms with Gasteiger partial charge in [-0.15, -0.1) is 0 Å². The van der Waals surface area contributed by atoms with Crippen LogP contribution in [0.3, 0.4) is 0 Å². The van der Waals surface area contributed by atoms with E-state index in [0.29, 0.717) is 5.75 Å². The van der Waals surface area contributed by atoms with Gasteiger partial charge in [-0.05, 0) is 56.9 Å². The van der Waals surface area contributed by atoms with E-state index in [1.807, 2.05) is 24.3 Å². The molecule has 0 bridgehead atoms. The van der Waals surface area contributed by atoms with Gasteiger partial charge in [0.2, 0.25) is 0 Å². The van der Waals surface area contributed by atoms with Crippen LogP contribution >= 0.6 is 0 Å². The lowest BCUT2D eigenvalue weighted by molar-refractivity contribution is -0.152. The summed E-state index contributed by atoms with van der Waals surface area (Å²) in [6.45, 7) is 5.15. The van der Waals surface area contributed by atoms with Crippen molar-refractivity contribution < 1.29 is 14.6 Å². The highest BCUT2D eigenvalue weighted by Gasteiger charge is 2.29. The monoisotopic (exact) mass is 393 g/mol. The number of H-pyrrole nitrogens is 1. The predicted octanol–water partition coefficient (Wildman–Crippen LogP) is 4.12. The largest absolute Gasteiger partial charge is 0.478 e. The van der Waals surface area contributed by atoms with Gasteiger partial charge in [0.05, 0.1) is 0 Å². The molecule has 0 atom stereocenters. The van der Waals surface area contributed by atoms with Crippen molar-refractivity contribution in [1.29, 1.82) is 0 Å². The molecule has 0 saturated heterocycles. The molecule has 0 unspecified atom stereocenters. The van der Waals surface area contributed by atoms with Gasteiger partial charge in [0.25, 0.3) is 0 Å². The summed E-state index contributed by atoms with van der Waals surface area (Å²) in [6.07, 6.45) is 3.38. The van der Waals surface area contributed by atoms with Crippen LogP contribution in [0.2, 0.25) is 0 Å². The van der Waals surface area contributed by atoms with Crippen LogP contribution in [0.5, 0.6) is 5.75 Å². The minimum absolute atomic E-state index is 0.552. The lowest BCUT2D eigenvalue weighted by atomic mass is 10.1. The van der Waals surface area contributed by atoms with Gasteiger partial charge in [0.15, 0.2) is 11.4 Å². The van der Waals surface area contributed by atoms with Crippen molar-refractivity contribution >= 4 is 5.97 Å². The number of carbonyl (C=O) groups is 1. The van der Waals surface area contributed by atoms with Crippen LogP contribution in [0.1, 0.15) is 48.6 Å². The van der Waals surface area contributed by atoms with Crippen molar-refractivity contribution in [3.8, 4) is 5.75 Å². The molecule has 0 aliphatic carbocycles. The summed E-state index contributed by atoms with van der Waals surface area (Å²) in [7, 11) is 0. The van der Waals surface area contributed by atoms with Crippen LogP contribution in [-0.2, 0) is 24.1 Å². The first-order valence-electron chi connectivity index (χ1n) is 9.79. The van der Waals surface area contributed by atoms with E-state index < -0.39 is 11.6 Å². The highest BCUT2D eigenvalue weighted by Crippen LogP contribution is 2.20. The number of nitrogens with zero attached hydrogens (tertiary/aromatic N) is 2. The number of aliphatic carboxylic acids is 1. The average molecular weight is 393 g/mol. The van der Waals surface area contributed by atoms with Gasteiger partial charge in [0, 0.05) is 12.8 Å². The maximum atomic E-state index is 11.1. The normalized spacial score (nSPS) is 11.4. The lowest BCUT2D eigenvalue weighted by Gasteiger charge is -2.21. The van der Waals surface area contributed by atoms with Crippen molar-refractivity contribution in [3.05, 3.63) is 76.9 Å². The van der Waals surface area contributed by atoms with Gasteiger partial charge < -0.3 is 9.84 Å². The zero-order valence-corrected chi connectivity index (χ0v) is 17.1. The number of nitrogens with one attached hydrogen (secondary N) is 1. The van der Waals surface area contributed by atoms with Gasteiger partial charge in [-0.2, -0.15) is 5.10 Å². The molecule has 29 heavy (non-hydrogen) atoms. The zero-order valence-electron chi connectivity index (χ0n) is 17.1. The van der Waals surface area contributed by atoms with E-state index in [4.69, 9.17) is 9.84 Å². The summed E-state index contributed by atoms with van der Waals surface area (Å²) in [5, 5.41) is 16.5. The van der Waals surface area contributed by atoms with Crippen molar-refractivity contribution in [1.82, 2.24) is 15.2 Å². The number of aromatic nitrogens is 3. The van der Waals surface area contributed by atoms with Crippen molar-refractivity contribution in [2.45, 2.75) is 52.1 Å². The second-order valence-corrected chi connectivity index (χ2v) is 7.78. The van der Waals surface area contributed by atoms with Gasteiger partial charge in [-0.3, -0.25) is 5.10 Å². The molecule has 152 valence electrons. The average Bonchev–Trinajstić information content (AvgIpc) is 3.12. The molecule has 3 rings (SSSR count). The minimum atomic E-state index is -1.25. The molecule has 0 saturated carbocycles. The summed E-state index contributed by atoms with van der Waals surface area (Å²) < 4.78 is 5.53. The highest BCUT2D eigenvalue weighted by atomic mass is 16.5. The number of aryl methyl sites for hydroxylation is 3. The number of carboxylic acids is 1. The number of ether oxygens (including phenoxy) is 1. The first-order chi connectivity index (χ1) is 13.8. The Balaban J connectivity index is 1.47. The van der Waals surface area contributed by atoms with Gasteiger partial charge in [-0.1, -0.05) is 42.0 Å². The zero-order chi connectivity index (χ0) is 20.9. The maximum Gasteiger partial charge on any atom is 0.347 e. The smallest absolute Gasteiger partial charge is 0.347 e. The summed E-state index contributed by atoms with van der Waals surface area (Å²) >= 11 is 0. The first-order valence-corrected chi connectivity index (χ1v) is 9.79. The molecule has 3 aromatic rings. The standard InChI is InChI=1S/C23H27N3O3/c1-16-7-9-18(10-8-16)15-21-24-20(25-26-21)6-4-5-17-11-13-19(14-12-17)29-23(2,3)22(27)28/h7-14H,4-6,15H2,1-3H3,(H,27,28)(H,24,25,26). The van der Waals surface area contributed by atoms with E-state index in [2.05, 4.69) is 46.4 Å². The Kier molecular flexibility index (Phi) is 6.32. The van der Waals surface area contributed by atoms with Crippen LogP contribution in [-0.4, -0.2) is 31.9 Å². The molecule has 2 aromatic carbocycles. The molecule has 0 aliphatic heterocycles. The number of rotatable bonds is 9. The van der Waals surface area contributed by atoms with E-state index in [1.54, 1.807) is 0 Å². The molecule has 1 heterocycles. The van der Waals surface area contributed by atoms with Crippen LogP contribution in [0.4, 0.5) is 0 Å². The van der Waals surface area contributed by atoms with Crippen LogP contribution in [0.15, 0.2) is 48.5 Å². The third-order valence-electron chi connectivity index (χ3n) is 4.75. The van der Waals surface area contributed by atoms with Crippen molar-refractivity contribution in [2.24, 2.45) is 0 Å². The molecule has 0 radical (unpaired) electrons. The third kappa shape index (κ3) is 5.91. The Labute approximate surface area is 171 Å². The Morgan fingerprint density at radius 3 is 2.34 bits per heavy atom. The summed E-state index contributed by atoms with van der Waals surface area (Å²) in [5.74, 6) is 1.27. The maximum absolute atomic E-state index is 11.1. The number of hydrogen-bond donors (Lipinski definition) is 2. The molecular formula is C23H27N3O3. The quantitative estimate of drug-likeness (QED) is 0.571. The fraction of sp³-hybridized carbons (Fsp3) is 0.348. The van der Waals surface area contributed by atoms with Crippen LogP contribution < -0.4 is 4.74 Å². The SMILES string of the molecule is Cc1ccc(Cc2nc(CCCc3ccc(OC(C)(C)C(=O)O)cc3)n[nH]2)cc1. The molecule has 0 spiro atoms. The summed E-state index contributed by atoms with van der Waals surface area (Å²) in [6, 6.07) is 16.0.